The molecule has 11 heavy (non-hydrogen) atoms. The van der Waals surface area contributed by atoms with E-state index in [1.165, 1.54) is 25.4 Å². The highest BCUT2D eigenvalue weighted by Crippen LogP contribution is 2.51. The van der Waals surface area contributed by atoms with E-state index in [1.54, 1.807) is 0 Å². The quantitative estimate of drug-likeness (QED) is 0.565. The molecule has 0 aromatic carbocycles. The lowest BCUT2D eigenvalue weighted by Crippen LogP contribution is -2.08. The highest BCUT2D eigenvalue weighted by Gasteiger charge is 2.27. The Balaban J connectivity index is 2.49. The van der Waals surface area contributed by atoms with E-state index in [0.29, 0.717) is 0 Å². The third-order valence-corrected chi connectivity index (χ3v) is 5.66. The van der Waals surface area contributed by atoms with Crippen molar-refractivity contribution in [3.63, 3.8) is 0 Å². The van der Waals surface area contributed by atoms with Gasteiger partial charge in [0.1, 0.15) is 0 Å². The van der Waals surface area contributed by atoms with Crippen LogP contribution in [-0.2, 0) is 0 Å². The standard InChI is InChI=1S/C10H19P/c1-4-11(5-2)10-8-6-7-9(10)3/h4,9-10H,1,5-8H2,2-3H3. The molecule has 0 aromatic rings. The SMILES string of the molecule is C=CP(CC)C1CCCC1C. The summed E-state index contributed by atoms with van der Waals surface area (Å²) in [5, 5.41) is 0. The molecule has 0 heterocycles. The zero-order valence-corrected chi connectivity index (χ0v) is 8.61. The van der Waals surface area contributed by atoms with Gasteiger partial charge in [0.05, 0.1) is 0 Å². The minimum absolute atomic E-state index is 0.167. The zero-order valence-electron chi connectivity index (χ0n) is 7.71. The first-order valence-electron chi connectivity index (χ1n) is 4.68. The molecule has 0 N–H and O–H groups in total. The van der Waals surface area contributed by atoms with Crippen LogP contribution < -0.4 is 0 Å². The molecule has 1 fully saturated rings. The highest BCUT2D eigenvalue weighted by atomic mass is 31.1. The van der Waals surface area contributed by atoms with Gasteiger partial charge in [-0.25, -0.2) is 0 Å². The lowest BCUT2D eigenvalue weighted by molar-refractivity contribution is 0.619. The fraction of sp³-hybridized carbons (Fsp3) is 0.800. The molecule has 0 aromatic heterocycles. The van der Waals surface area contributed by atoms with E-state index in [1.807, 2.05) is 0 Å². The molecule has 1 heteroatoms. The number of hydrogen-bond donors (Lipinski definition) is 0. The van der Waals surface area contributed by atoms with Crippen LogP contribution in [0.5, 0.6) is 0 Å². The molecular weight excluding hydrogens is 151 g/mol. The third kappa shape index (κ3) is 2.06. The maximum Gasteiger partial charge on any atom is -0.0149 e. The van der Waals surface area contributed by atoms with Crippen molar-refractivity contribution in [3.05, 3.63) is 12.4 Å². The van der Waals surface area contributed by atoms with Crippen LogP contribution in [0.3, 0.4) is 0 Å². The van der Waals surface area contributed by atoms with Crippen LogP contribution in [0.15, 0.2) is 12.4 Å². The van der Waals surface area contributed by atoms with E-state index in [4.69, 9.17) is 0 Å². The Labute approximate surface area is 71.8 Å². The Morgan fingerprint density at radius 3 is 2.64 bits per heavy atom. The third-order valence-electron chi connectivity index (χ3n) is 2.84. The summed E-state index contributed by atoms with van der Waals surface area (Å²) in [6.07, 6.45) is 5.72. The molecule has 0 bridgehead atoms. The van der Waals surface area contributed by atoms with Gasteiger partial charge in [0, 0.05) is 0 Å². The van der Waals surface area contributed by atoms with Gasteiger partial charge < -0.3 is 0 Å². The Hall–Kier alpha value is 0.170. The molecule has 3 unspecified atom stereocenters. The molecule has 0 amide bonds. The highest BCUT2D eigenvalue weighted by molar-refractivity contribution is 7.61. The van der Waals surface area contributed by atoms with Gasteiger partial charge >= 0.3 is 0 Å². The van der Waals surface area contributed by atoms with Crippen LogP contribution in [0.2, 0.25) is 0 Å². The Kier molecular flexibility index (Phi) is 3.59. The zero-order chi connectivity index (χ0) is 8.27. The molecule has 64 valence electrons. The normalized spacial score (nSPS) is 33.6. The van der Waals surface area contributed by atoms with E-state index < -0.39 is 0 Å². The predicted molar refractivity (Wildman–Crippen MR) is 54.5 cm³/mol. The minimum atomic E-state index is 0.167. The summed E-state index contributed by atoms with van der Waals surface area (Å²) in [7, 11) is 0.167. The molecule has 1 rings (SSSR count). The van der Waals surface area contributed by atoms with Crippen LogP contribution in [0.1, 0.15) is 33.1 Å². The van der Waals surface area contributed by atoms with Crippen molar-refractivity contribution in [2.45, 2.75) is 38.8 Å². The van der Waals surface area contributed by atoms with Crippen molar-refractivity contribution < 1.29 is 0 Å². The van der Waals surface area contributed by atoms with E-state index in [0.717, 1.165) is 11.6 Å². The summed E-state index contributed by atoms with van der Waals surface area (Å²) >= 11 is 0. The lowest BCUT2D eigenvalue weighted by atomic mass is 10.1. The topological polar surface area (TPSA) is 0 Å². The first kappa shape index (κ1) is 9.26. The Morgan fingerprint density at radius 1 is 1.55 bits per heavy atom. The Morgan fingerprint density at radius 2 is 2.27 bits per heavy atom. The van der Waals surface area contributed by atoms with E-state index in [9.17, 15) is 0 Å². The smallest absolute Gasteiger partial charge is 0.0149 e. The second-order valence-electron chi connectivity index (χ2n) is 3.49. The summed E-state index contributed by atoms with van der Waals surface area (Å²) < 4.78 is 0. The second-order valence-corrected chi connectivity index (χ2v) is 6.18. The number of rotatable bonds is 3. The molecule has 1 aliphatic rings. The second kappa shape index (κ2) is 4.26. The van der Waals surface area contributed by atoms with Gasteiger partial charge in [-0.15, -0.1) is 0 Å². The summed E-state index contributed by atoms with van der Waals surface area (Å²) in [5.74, 6) is 3.20. The van der Waals surface area contributed by atoms with Crippen molar-refractivity contribution in [2.75, 3.05) is 6.16 Å². The largest absolute Gasteiger partial charge is 0.0986 e. The molecule has 0 aliphatic heterocycles. The van der Waals surface area contributed by atoms with Gasteiger partial charge in [-0.1, -0.05) is 47.0 Å². The molecular formula is C10H19P. The summed E-state index contributed by atoms with van der Waals surface area (Å²) in [5.41, 5.74) is 1.01. The predicted octanol–water partition coefficient (Wildman–Crippen LogP) is 3.82. The van der Waals surface area contributed by atoms with Crippen LogP contribution in [0.4, 0.5) is 0 Å². The maximum absolute atomic E-state index is 3.94. The number of hydrogen-bond acceptors (Lipinski definition) is 0. The Bertz CT molecular complexity index is 131. The van der Waals surface area contributed by atoms with Crippen molar-refractivity contribution >= 4 is 7.92 Å². The van der Waals surface area contributed by atoms with Crippen LogP contribution >= 0.6 is 7.92 Å². The summed E-state index contributed by atoms with van der Waals surface area (Å²) in [4.78, 5) is 0. The molecule has 0 saturated heterocycles. The maximum atomic E-state index is 3.94. The fourth-order valence-corrected chi connectivity index (χ4v) is 4.43. The minimum Gasteiger partial charge on any atom is -0.0986 e. The monoisotopic (exact) mass is 170 g/mol. The first-order chi connectivity index (χ1) is 5.29. The average molecular weight is 170 g/mol. The summed E-state index contributed by atoms with van der Waals surface area (Å²) in [6.45, 7) is 8.65. The van der Waals surface area contributed by atoms with Crippen LogP contribution in [0.25, 0.3) is 0 Å². The van der Waals surface area contributed by atoms with Crippen molar-refractivity contribution in [1.82, 2.24) is 0 Å². The van der Waals surface area contributed by atoms with Gasteiger partial charge in [-0.2, -0.15) is 0 Å². The van der Waals surface area contributed by atoms with Crippen LogP contribution in [-0.4, -0.2) is 11.8 Å². The molecule has 0 spiro atoms. The van der Waals surface area contributed by atoms with Gasteiger partial charge in [0.25, 0.3) is 0 Å². The lowest BCUT2D eigenvalue weighted by Gasteiger charge is -2.22. The fourth-order valence-electron chi connectivity index (χ4n) is 2.12. The van der Waals surface area contributed by atoms with Gasteiger partial charge in [0.2, 0.25) is 0 Å². The molecule has 1 saturated carbocycles. The molecule has 0 radical (unpaired) electrons. The van der Waals surface area contributed by atoms with Gasteiger partial charge in [0.15, 0.2) is 0 Å². The van der Waals surface area contributed by atoms with Crippen molar-refractivity contribution in [1.29, 1.82) is 0 Å². The molecule has 3 atom stereocenters. The summed E-state index contributed by atoms with van der Waals surface area (Å²) in [6, 6.07) is 0. The van der Waals surface area contributed by atoms with E-state index in [-0.39, 0.29) is 7.92 Å². The average Bonchev–Trinajstić information content (AvgIpc) is 2.40. The molecule has 0 nitrogen and oxygen atoms in total. The van der Waals surface area contributed by atoms with Crippen molar-refractivity contribution in [2.24, 2.45) is 5.92 Å². The van der Waals surface area contributed by atoms with E-state index >= 15 is 0 Å². The van der Waals surface area contributed by atoms with Gasteiger partial charge in [-0.3, -0.25) is 0 Å². The van der Waals surface area contributed by atoms with E-state index in [2.05, 4.69) is 26.2 Å². The first-order valence-corrected chi connectivity index (χ1v) is 6.34. The van der Waals surface area contributed by atoms with Crippen LogP contribution in [0, 0.1) is 5.92 Å². The van der Waals surface area contributed by atoms with Crippen molar-refractivity contribution in [3.8, 4) is 0 Å². The molecule has 1 aliphatic carbocycles. The van der Waals surface area contributed by atoms with Gasteiger partial charge in [-0.05, 0) is 24.2 Å².